The molecule has 0 bridgehead atoms. The van der Waals surface area contributed by atoms with E-state index >= 15 is 0 Å². The predicted molar refractivity (Wildman–Crippen MR) is 94.5 cm³/mol. The molecule has 132 valence electrons. The van der Waals surface area contributed by atoms with Gasteiger partial charge < -0.3 is 33.3 Å². The molecule has 1 aliphatic rings. The monoisotopic (exact) mass is 360 g/mol. The molecule has 0 aromatic heterocycles. The predicted octanol–water partition coefficient (Wildman–Crippen LogP) is -1.14. The van der Waals surface area contributed by atoms with Crippen molar-refractivity contribution < 1.29 is 21.9 Å². The van der Waals surface area contributed by atoms with E-state index < -0.39 is 6.17 Å². The third kappa shape index (κ3) is 3.61. The Bertz CT molecular complexity index is 792. The summed E-state index contributed by atoms with van der Waals surface area (Å²) in [4.78, 5) is 10.3. The smallest absolute Gasteiger partial charge is 0.221 e. The van der Waals surface area contributed by atoms with Gasteiger partial charge in [-0.05, 0) is 29.8 Å². The van der Waals surface area contributed by atoms with Crippen molar-refractivity contribution in [2.45, 2.75) is 6.17 Å². The summed E-state index contributed by atoms with van der Waals surface area (Å²) in [6.07, 6.45) is -0.440. The first-order valence-electron chi connectivity index (χ1n) is 7.37. The molecule has 0 radical (unpaired) electrons. The summed E-state index contributed by atoms with van der Waals surface area (Å²) >= 11 is 0. The topological polar surface area (TPSA) is 98.5 Å². The van der Waals surface area contributed by atoms with Crippen molar-refractivity contribution in [3.63, 3.8) is 0 Å². The van der Waals surface area contributed by atoms with Crippen LogP contribution in [0.2, 0.25) is 0 Å². The highest BCUT2D eigenvalue weighted by molar-refractivity contribution is 6.05. The van der Waals surface area contributed by atoms with Crippen molar-refractivity contribution in [2.24, 2.45) is 21.5 Å². The normalized spacial score (nSPS) is 16.4. The van der Waals surface area contributed by atoms with Crippen molar-refractivity contribution >= 4 is 17.6 Å². The van der Waals surface area contributed by atoms with Crippen molar-refractivity contribution in [2.75, 3.05) is 19.1 Å². The van der Waals surface area contributed by atoms with Gasteiger partial charge in [0, 0.05) is 0 Å². The van der Waals surface area contributed by atoms with Crippen LogP contribution in [-0.4, -0.2) is 26.1 Å². The maximum absolute atomic E-state index is 6.14. The molecule has 0 amide bonds. The second kappa shape index (κ2) is 7.76. The zero-order valence-corrected chi connectivity index (χ0v) is 14.6. The number of methoxy groups -OCH3 is 2. The van der Waals surface area contributed by atoms with E-state index in [4.69, 9.17) is 20.9 Å². The minimum absolute atomic E-state index is 0. The van der Waals surface area contributed by atoms with E-state index in [1.165, 1.54) is 0 Å². The van der Waals surface area contributed by atoms with Crippen LogP contribution >= 0.6 is 0 Å². The Morgan fingerprint density at radius 3 is 2.28 bits per heavy atom. The van der Waals surface area contributed by atoms with Gasteiger partial charge in [-0.25, -0.2) is 4.99 Å². The van der Waals surface area contributed by atoms with Crippen molar-refractivity contribution in [1.29, 1.82) is 0 Å². The summed E-state index contributed by atoms with van der Waals surface area (Å²) < 4.78 is 10.6. The second-order valence-corrected chi connectivity index (χ2v) is 5.15. The average Bonchev–Trinajstić information content (AvgIpc) is 2.61. The van der Waals surface area contributed by atoms with Gasteiger partial charge in [0.1, 0.15) is 11.5 Å². The number of halogens is 1. The fourth-order valence-corrected chi connectivity index (χ4v) is 2.59. The van der Waals surface area contributed by atoms with Crippen molar-refractivity contribution in [3.05, 3.63) is 54.1 Å². The number of anilines is 1. The first-order valence-corrected chi connectivity index (χ1v) is 7.37. The number of hydrogen-bond donors (Lipinski definition) is 2. The molecule has 7 nitrogen and oxygen atoms in total. The number of hydrogen-bond acceptors (Lipinski definition) is 7. The average molecular weight is 361 g/mol. The molecule has 1 atom stereocenters. The van der Waals surface area contributed by atoms with Crippen LogP contribution in [-0.2, 0) is 0 Å². The summed E-state index contributed by atoms with van der Waals surface area (Å²) in [7, 11) is 3.23. The van der Waals surface area contributed by atoms with E-state index in [1.54, 1.807) is 19.1 Å². The van der Waals surface area contributed by atoms with Crippen LogP contribution in [0.15, 0.2) is 58.5 Å². The lowest BCUT2D eigenvalue weighted by molar-refractivity contribution is -0.00000580. The molecule has 0 fully saturated rings. The maximum Gasteiger partial charge on any atom is 0.221 e. The number of rotatable bonds is 4. The van der Waals surface area contributed by atoms with Gasteiger partial charge in [0.25, 0.3) is 0 Å². The summed E-state index contributed by atoms with van der Waals surface area (Å²) in [5.74, 6) is 1.83. The molecule has 2 aromatic carbocycles. The Hall–Kier alpha value is -2.93. The van der Waals surface area contributed by atoms with Gasteiger partial charge in [-0.3, -0.25) is 4.90 Å². The fraction of sp³-hybridized carbons (Fsp3) is 0.176. The lowest BCUT2D eigenvalue weighted by atomic mass is 10.1. The summed E-state index contributed by atoms with van der Waals surface area (Å²) in [5, 5.41) is 0. The number of benzene rings is 2. The molecule has 1 heterocycles. The van der Waals surface area contributed by atoms with Gasteiger partial charge in [-0.1, -0.05) is 24.3 Å². The molecule has 4 N–H and O–H groups in total. The van der Waals surface area contributed by atoms with Crippen LogP contribution in [0, 0.1) is 0 Å². The zero-order valence-electron chi connectivity index (χ0n) is 13.9. The van der Waals surface area contributed by atoms with Crippen LogP contribution < -0.4 is 38.2 Å². The van der Waals surface area contributed by atoms with Gasteiger partial charge >= 0.3 is 0 Å². The first-order chi connectivity index (χ1) is 11.6. The third-order valence-corrected chi connectivity index (χ3v) is 3.73. The Kier molecular flexibility index (Phi) is 5.71. The summed E-state index contributed by atoms with van der Waals surface area (Å²) in [6, 6.07) is 15.1. The van der Waals surface area contributed by atoms with E-state index in [1.807, 2.05) is 48.5 Å². The zero-order chi connectivity index (χ0) is 17.1. The number of nitrogens with zero attached hydrogens (tertiary/aromatic N) is 3. The highest BCUT2D eigenvalue weighted by Gasteiger charge is 2.29. The summed E-state index contributed by atoms with van der Waals surface area (Å²) in [5.41, 5.74) is 13.6. The molecule has 1 aliphatic heterocycles. The van der Waals surface area contributed by atoms with Crippen molar-refractivity contribution in [1.82, 2.24) is 0 Å². The number of guanidine groups is 2. The molecular weight excluding hydrogens is 342 g/mol. The first kappa shape index (κ1) is 18.4. The molecule has 25 heavy (non-hydrogen) atoms. The molecule has 0 saturated carbocycles. The number of aliphatic imine (C=N–C) groups is 2. The lowest BCUT2D eigenvalue weighted by Gasteiger charge is -2.33. The Morgan fingerprint density at radius 1 is 0.960 bits per heavy atom. The number of ether oxygens (including phenoxy) is 2. The van der Waals surface area contributed by atoms with Gasteiger partial charge in [0.05, 0.1) is 19.9 Å². The fourth-order valence-electron chi connectivity index (χ4n) is 2.59. The van der Waals surface area contributed by atoms with Crippen LogP contribution in [0.1, 0.15) is 11.7 Å². The Labute approximate surface area is 152 Å². The molecule has 8 heteroatoms. The summed E-state index contributed by atoms with van der Waals surface area (Å²) in [6.45, 7) is 0. The van der Waals surface area contributed by atoms with Crippen molar-refractivity contribution in [3.8, 4) is 11.5 Å². The Balaban J connectivity index is 0.00000225. The molecule has 0 saturated heterocycles. The van der Waals surface area contributed by atoms with E-state index in [-0.39, 0.29) is 24.3 Å². The minimum Gasteiger partial charge on any atom is -1.00 e. The molecule has 0 aliphatic carbocycles. The number of para-hydroxylation sites is 2. The van der Waals surface area contributed by atoms with E-state index in [2.05, 4.69) is 9.98 Å². The second-order valence-electron chi connectivity index (χ2n) is 5.15. The quantitative estimate of drug-likeness (QED) is 0.718. The molecule has 1 unspecified atom stereocenters. The van der Waals surface area contributed by atoms with Gasteiger partial charge in [0.2, 0.25) is 11.9 Å². The molecule has 3 rings (SSSR count). The molecule has 2 aromatic rings. The molecular formula is C17H19ClN5O2-. The largest absolute Gasteiger partial charge is 1.00 e. The van der Waals surface area contributed by atoms with Gasteiger partial charge in [-0.2, -0.15) is 4.99 Å². The molecule has 0 spiro atoms. The highest BCUT2D eigenvalue weighted by atomic mass is 35.5. The van der Waals surface area contributed by atoms with E-state index in [0.717, 1.165) is 17.0 Å². The van der Waals surface area contributed by atoms with Crippen LogP contribution in [0.4, 0.5) is 5.69 Å². The van der Waals surface area contributed by atoms with Crippen LogP contribution in [0.25, 0.3) is 0 Å². The number of nitrogens with two attached hydrogens (primary N) is 2. The Morgan fingerprint density at radius 2 is 1.64 bits per heavy atom. The van der Waals surface area contributed by atoms with Gasteiger partial charge in [-0.15, -0.1) is 0 Å². The standard InChI is InChI=1S/C17H19N5O2.ClH/c1-23-12-9-7-11(8-10-12)15-20-16(18)21-17(19)22(15)13-5-3-4-6-14(13)24-2;/h3-10,15H,1-2H3,(H4,18,19,20,21);1H/p-1. The maximum atomic E-state index is 6.14. The van der Waals surface area contributed by atoms with Gasteiger partial charge in [0.15, 0.2) is 6.17 Å². The SMILES string of the molecule is COc1ccc(C2N=C(N)N=C(N)N2c2ccccc2OC)cc1.[Cl-]. The van der Waals surface area contributed by atoms with Crippen LogP contribution in [0.3, 0.4) is 0 Å². The van der Waals surface area contributed by atoms with Crippen LogP contribution in [0.5, 0.6) is 11.5 Å². The van der Waals surface area contributed by atoms with E-state index in [0.29, 0.717) is 5.75 Å². The third-order valence-electron chi connectivity index (χ3n) is 3.73. The highest BCUT2D eigenvalue weighted by Crippen LogP contribution is 2.36. The lowest BCUT2D eigenvalue weighted by Crippen LogP contribution is -3.00. The minimum atomic E-state index is -0.440. The van der Waals surface area contributed by atoms with E-state index in [9.17, 15) is 0 Å².